The molecular weight excluding hydrogens is 184 g/mol. The van der Waals surface area contributed by atoms with E-state index in [2.05, 4.69) is 37.6 Å². The molecule has 1 heterocycles. The fraction of sp³-hybridized carbons (Fsp3) is 0.846. The van der Waals surface area contributed by atoms with Crippen LogP contribution in [0, 0.1) is 0 Å². The quantitative estimate of drug-likeness (QED) is 0.701. The van der Waals surface area contributed by atoms with Gasteiger partial charge in [-0.25, -0.2) is 0 Å². The molecule has 1 aliphatic heterocycles. The van der Waals surface area contributed by atoms with Crippen molar-refractivity contribution < 1.29 is 0 Å². The molecule has 1 atom stereocenters. The Morgan fingerprint density at radius 3 is 2.40 bits per heavy atom. The molecule has 1 fully saturated rings. The molecule has 1 unspecified atom stereocenters. The van der Waals surface area contributed by atoms with Gasteiger partial charge in [-0.05, 0) is 53.1 Å². The zero-order chi connectivity index (χ0) is 11.3. The van der Waals surface area contributed by atoms with Gasteiger partial charge in [-0.3, -0.25) is 0 Å². The second-order valence-electron chi connectivity index (χ2n) is 5.00. The molecule has 0 aromatic heterocycles. The van der Waals surface area contributed by atoms with E-state index >= 15 is 0 Å². The molecule has 0 aromatic carbocycles. The zero-order valence-corrected chi connectivity index (χ0v) is 10.5. The number of nitrogens with one attached hydrogen (secondary N) is 1. The number of hydrogen-bond donors (Lipinski definition) is 1. The van der Waals surface area contributed by atoms with Gasteiger partial charge in [-0.2, -0.15) is 0 Å². The van der Waals surface area contributed by atoms with Gasteiger partial charge in [-0.1, -0.05) is 6.08 Å². The third-order valence-corrected chi connectivity index (χ3v) is 3.30. The van der Waals surface area contributed by atoms with Crippen LogP contribution in [0.2, 0.25) is 0 Å². The molecule has 1 N–H and O–H groups in total. The van der Waals surface area contributed by atoms with Crippen molar-refractivity contribution in [2.24, 2.45) is 0 Å². The van der Waals surface area contributed by atoms with Crippen LogP contribution in [0.5, 0.6) is 0 Å². The molecule has 0 radical (unpaired) electrons. The van der Waals surface area contributed by atoms with Crippen LogP contribution in [-0.4, -0.2) is 36.1 Å². The molecule has 15 heavy (non-hydrogen) atoms. The van der Waals surface area contributed by atoms with Crippen molar-refractivity contribution in [1.29, 1.82) is 0 Å². The number of piperidine rings is 1. The molecule has 0 bridgehead atoms. The highest BCUT2D eigenvalue weighted by Gasteiger charge is 2.21. The third kappa shape index (κ3) is 4.35. The van der Waals surface area contributed by atoms with Crippen LogP contribution in [0.25, 0.3) is 0 Å². The molecule has 0 saturated carbocycles. The maximum Gasteiger partial charge on any atom is 0.00940 e. The first kappa shape index (κ1) is 12.7. The third-order valence-electron chi connectivity index (χ3n) is 3.30. The van der Waals surface area contributed by atoms with Crippen molar-refractivity contribution in [3.63, 3.8) is 0 Å². The average molecular weight is 210 g/mol. The molecule has 1 saturated heterocycles. The first-order valence-corrected chi connectivity index (χ1v) is 6.24. The topological polar surface area (TPSA) is 15.3 Å². The van der Waals surface area contributed by atoms with Gasteiger partial charge in [0.2, 0.25) is 0 Å². The van der Waals surface area contributed by atoms with Gasteiger partial charge in [0, 0.05) is 18.1 Å². The van der Waals surface area contributed by atoms with Gasteiger partial charge in [0.25, 0.3) is 0 Å². The highest BCUT2D eigenvalue weighted by molar-refractivity contribution is 4.83. The summed E-state index contributed by atoms with van der Waals surface area (Å²) < 4.78 is 0. The minimum Gasteiger partial charge on any atom is -0.311 e. The van der Waals surface area contributed by atoms with Gasteiger partial charge >= 0.3 is 0 Å². The number of likely N-dealkylation sites (tertiary alicyclic amines) is 1. The van der Waals surface area contributed by atoms with E-state index in [9.17, 15) is 0 Å². The van der Waals surface area contributed by atoms with Gasteiger partial charge < -0.3 is 10.2 Å². The van der Waals surface area contributed by atoms with E-state index in [1.54, 1.807) is 0 Å². The van der Waals surface area contributed by atoms with Crippen LogP contribution in [0.4, 0.5) is 0 Å². The summed E-state index contributed by atoms with van der Waals surface area (Å²) in [7, 11) is 0. The molecule has 2 heteroatoms. The molecule has 0 spiro atoms. The summed E-state index contributed by atoms with van der Waals surface area (Å²) in [4.78, 5) is 2.57. The summed E-state index contributed by atoms with van der Waals surface area (Å²) in [6.45, 7) is 13.1. The van der Waals surface area contributed by atoms with Crippen LogP contribution in [-0.2, 0) is 0 Å². The first-order valence-electron chi connectivity index (χ1n) is 6.24. The maximum absolute atomic E-state index is 3.78. The molecule has 2 nitrogen and oxygen atoms in total. The Labute approximate surface area is 94.7 Å². The Bertz CT molecular complexity index is 181. The van der Waals surface area contributed by atoms with Crippen molar-refractivity contribution in [2.75, 3.05) is 13.1 Å². The van der Waals surface area contributed by atoms with E-state index < -0.39 is 0 Å². The molecule has 0 aromatic rings. The van der Waals surface area contributed by atoms with E-state index in [1.807, 2.05) is 6.08 Å². The van der Waals surface area contributed by atoms with Crippen molar-refractivity contribution in [1.82, 2.24) is 10.2 Å². The lowest BCUT2D eigenvalue weighted by Crippen LogP contribution is -2.47. The standard InChI is InChI=1S/C13H26N2/c1-5-6-12(4)14-13-7-9-15(10-8-13)11(2)3/h5,11-14H,1,6-10H2,2-4H3. The van der Waals surface area contributed by atoms with E-state index in [-0.39, 0.29) is 0 Å². The van der Waals surface area contributed by atoms with Crippen LogP contribution >= 0.6 is 0 Å². The normalized spacial score (nSPS) is 21.9. The predicted molar refractivity (Wildman–Crippen MR) is 67.1 cm³/mol. The molecule has 1 rings (SSSR count). The number of nitrogens with zero attached hydrogens (tertiary/aromatic N) is 1. The van der Waals surface area contributed by atoms with Gasteiger partial charge in [0.1, 0.15) is 0 Å². The second-order valence-corrected chi connectivity index (χ2v) is 5.00. The molecular formula is C13H26N2. The number of rotatable bonds is 5. The van der Waals surface area contributed by atoms with Crippen LogP contribution in [0.15, 0.2) is 12.7 Å². The highest BCUT2D eigenvalue weighted by atomic mass is 15.2. The van der Waals surface area contributed by atoms with Crippen LogP contribution in [0.3, 0.4) is 0 Å². The lowest BCUT2D eigenvalue weighted by atomic mass is 10.0. The summed E-state index contributed by atoms with van der Waals surface area (Å²) in [6, 6.07) is 2.00. The van der Waals surface area contributed by atoms with E-state index in [1.165, 1.54) is 25.9 Å². The second kappa shape index (κ2) is 6.29. The Kier molecular flexibility index (Phi) is 5.34. The Balaban J connectivity index is 2.22. The molecule has 0 aliphatic carbocycles. The number of hydrogen-bond acceptors (Lipinski definition) is 2. The molecule has 88 valence electrons. The maximum atomic E-state index is 3.78. The fourth-order valence-electron chi connectivity index (χ4n) is 2.30. The summed E-state index contributed by atoms with van der Waals surface area (Å²) in [6.07, 6.45) is 5.66. The van der Waals surface area contributed by atoms with E-state index in [4.69, 9.17) is 0 Å². The molecule has 1 aliphatic rings. The average Bonchev–Trinajstić information content (AvgIpc) is 2.18. The van der Waals surface area contributed by atoms with Crippen molar-refractivity contribution >= 4 is 0 Å². The summed E-state index contributed by atoms with van der Waals surface area (Å²) >= 11 is 0. The molecule has 0 amide bonds. The van der Waals surface area contributed by atoms with Crippen LogP contribution < -0.4 is 5.32 Å². The largest absolute Gasteiger partial charge is 0.311 e. The monoisotopic (exact) mass is 210 g/mol. The van der Waals surface area contributed by atoms with Crippen LogP contribution in [0.1, 0.15) is 40.0 Å². The first-order chi connectivity index (χ1) is 7.13. The summed E-state index contributed by atoms with van der Waals surface area (Å²) in [5.74, 6) is 0. The van der Waals surface area contributed by atoms with Gasteiger partial charge in [-0.15, -0.1) is 6.58 Å². The van der Waals surface area contributed by atoms with Gasteiger partial charge in [0.05, 0.1) is 0 Å². The predicted octanol–water partition coefficient (Wildman–Crippen LogP) is 2.41. The van der Waals surface area contributed by atoms with Gasteiger partial charge in [0.15, 0.2) is 0 Å². The lowest BCUT2D eigenvalue weighted by Gasteiger charge is -2.36. The summed E-state index contributed by atoms with van der Waals surface area (Å²) in [5.41, 5.74) is 0. The van der Waals surface area contributed by atoms with Crippen molar-refractivity contribution in [2.45, 2.75) is 58.2 Å². The Hall–Kier alpha value is -0.340. The Morgan fingerprint density at radius 2 is 1.93 bits per heavy atom. The lowest BCUT2D eigenvalue weighted by molar-refractivity contribution is 0.157. The van der Waals surface area contributed by atoms with Crippen molar-refractivity contribution in [3.05, 3.63) is 12.7 Å². The minimum atomic E-state index is 0.582. The minimum absolute atomic E-state index is 0.582. The smallest absolute Gasteiger partial charge is 0.00940 e. The SMILES string of the molecule is C=CCC(C)NC1CCN(C(C)C)CC1. The Morgan fingerprint density at radius 1 is 1.33 bits per heavy atom. The van der Waals surface area contributed by atoms with E-state index in [0.29, 0.717) is 12.1 Å². The zero-order valence-electron chi connectivity index (χ0n) is 10.5. The van der Waals surface area contributed by atoms with Crippen molar-refractivity contribution in [3.8, 4) is 0 Å². The van der Waals surface area contributed by atoms with E-state index in [0.717, 1.165) is 12.5 Å². The fourth-order valence-corrected chi connectivity index (χ4v) is 2.30. The summed E-state index contributed by atoms with van der Waals surface area (Å²) in [5, 5.41) is 3.68. The highest BCUT2D eigenvalue weighted by Crippen LogP contribution is 2.13.